The van der Waals surface area contributed by atoms with E-state index in [-0.39, 0.29) is 17.6 Å². The average molecular weight is 299 g/mol. The van der Waals surface area contributed by atoms with Gasteiger partial charge in [-0.1, -0.05) is 0 Å². The standard InChI is InChI=1S/C18H18FNO2/c1-12(2)20-10-13(17-9-14(19)3-8-18(17)20)11-22-16-6-4-15(21)5-7-16/h3-10,12,21H,11H2,1-2H3. The Morgan fingerprint density at radius 3 is 2.55 bits per heavy atom. The zero-order valence-corrected chi connectivity index (χ0v) is 12.6. The molecule has 3 rings (SSSR count). The number of aromatic hydroxyl groups is 1. The third kappa shape index (κ3) is 2.77. The van der Waals surface area contributed by atoms with Crippen molar-refractivity contribution in [2.24, 2.45) is 0 Å². The summed E-state index contributed by atoms with van der Waals surface area (Å²) in [5.74, 6) is 0.616. The number of ether oxygens (including phenoxy) is 1. The van der Waals surface area contributed by atoms with E-state index in [4.69, 9.17) is 4.74 Å². The summed E-state index contributed by atoms with van der Waals surface area (Å²) >= 11 is 0. The van der Waals surface area contributed by atoms with Crippen LogP contribution in [-0.2, 0) is 6.61 Å². The summed E-state index contributed by atoms with van der Waals surface area (Å²) < 4.78 is 21.4. The minimum Gasteiger partial charge on any atom is -0.508 e. The fourth-order valence-electron chi connectivity index (χ4n) is 2.54. The maximum Gasteiger partial charge on any atom is 0.123 e. The minimum atomic E-state index is -0.250. The van der Waals surface area contributed by atoms with Crippen molar-refractivity contribution in [3.63, 3.8) is 0 Å². The van der Waals surface area contributed by atoms with Crippen molar-refractivity contribution in [1.82, 2.24) is 4.57 Å². The summed E-state index contributed by atoms with van der Waals surface area (Å²) in [5, 5.41) is 10.1. The fraction of sp³-hybridized carbons (Fsp3) is 0.222. The normalized spacial score (nSPS) is 11.3. The topological polar surface area (TPSA) is 34.4 Å². The molecule has 0 unspecified atom stereocenters. The van der Waals surface area contributed by atoms with E-state index in [1.165, 1.54) is 6.07 Å². The molecule has 0 amide bonds. The summed E-state index contributed by atoms with van der Waals surface area (Å²) in [5.41, 5.74) is 1.94. The van der Waals surface area contributed by atoms with Gasteiger partial charge >= 0.3 is 0 Å². The molecule has 1 aromatic heterocycles. The predicted molar refractivity (Wildman–Crippen MR) is 84.7 cm³/mol. The second kappa shape index (κ2) is 5.72. The highest BCUT2D eigenvalue weighted by Gasteiger charge is 2.12. The van der Waals surface area contributed by atoms with Crippen LogP contribution >= 0.6 is 0 Å². The molecular formula is C18H18FNO2. The second-order valence-corrected chi connectivity index (χ2v) is 5.60. The van der Waals surface area contributed by atoms with Gasteiger partial charge in [0.05, 0.1) is 0 Å². The van der Waals surface area contributed by atoms with Gasteiger partial charge in [0, 0.05) is 28.7 Å². The molecule has 0 spiro atoms. The molecular weight excluding hydrogens is 281 g/mol. The summed E-state index contributed by atoms with van der Waals surface area (Å²) in [6.07, 6.45) is 2.01. The fourth-order valence-corrected chi connectivity index (χ4v) is 2.54. The molecule has 0 radical (unpaired) electrons. The highest BCUT2D eigenvalue weighted by molar-refractivity contribution is 5.84. The Morgan fingerprint density at radius 1 is 1.14 bits per heavy atom. The predicted octanol–water partition coefficient (Wildman–Crippen LogP) is 4.65. The van der Waals surface area contributed by atoms with Crippen LogP contribution in [0.5, 0.6) is 11.5 Å². The molecule has 1 N–H and O–H groups in total. The van der Waals surface area contributed by atoms with E-state index in [9.17, 15) is 9.50 Å². The molecule has 0 aliphatic carbocycles. The van der Waals surface area contributed by atoms with Gasteiger partial charge in [-0.25, -0.2) is 4.39 Å². The van der Waals surface area contributed by atoms with Crippen molar-refractivity contribution in [2.45, 2.75) is 26.5 Å². The van der Waals surface area contributed by atoms with Gasteiger partial charge < -0.3 is 14.4 Å². The van der Waals surface area contributed by atoms with Crippen LogP contribution in [0.3, 0.4) is 0 Å². The third-order valence-electron chi connectivity index (χ3n) is 3.67. The van der Waals surface area contributed by atoms with Crippen LogP contribution in [0.1, 0.15) is 25.5 Å². The molecule has 2 aromatic carbocycles. The van der Waals surface area contributed by atoms with Gasteiger partial charge in [-0.3, -0.25) is 0 Å². The molecule has 0 atom stereocenters. The van der Waals surface area contributed by atoms with Gasteiger partial charge in [0.1, 0.15) is 23.9 Å². The average Bonchev–Trinajstić information content (AvgIpc) is 2.85. The molecule has 4 heteroatoms. The van der Waals surface area contributed by atoms with Crippen LogP contribution in [-0.4, -0.2) is 9.67 Å². The Bertz CT molecular complexity index is 791. The van der Waals surface area contributed by atoms with Gasteiger partial charge in [-0.2, -0.15) is 0 Å². The lowest BCUT2D eigenvalue weighted by Crippen LogP contribution is -1.98. The smallest absolute Gasteiger partial charge is 0.123 e. The van der Waals surface area contributed by atoms with Crippen LogP contribution < -0.4 is 4.74 Å². The van der Waals surface area contributed by atoms with E-state index in [2.05, 4.69) is 18.4 Å². The van der Waals surface area contributed by atoms with Crippen molar-refractivity contribution >= 4 is 10.9 Å². The first-order valence-corrected chi connectivity index (χ1v) is 7.25. The van der Waals surface area contributed by atoms with E-state index in [1.54, 1.807) is 36.4 Å². The first kappa shape index (κ1) is 14.4. The number of hydrogen-bond donors (Lipinski definition) is 1. The maximum atomic E-state index is 13.6. The van der Waals surface area contributed by atoms with Crippen LogP contribution in [0, 0.1) is 5.82 Å². The number of rotatable bonds is 4. The number of benzene rings is 2. The van der Waals surface area contributed by atoms with Crippen molar-refractivity contribution in [1.29, 1.82) is 0 Å². The maximum absolute atomic E-state index is 13.6. The van der Waals surface area contributed by atoms with Crippen molar-refractivity contribution in [3.05, 3.63) is 60.0 Å². The van der Waals surface area contributed by atoms with Crippen molar-refractivity contribution < 1.29 is 14.2 Å². The van der Waals surface area contributed by atoms with Gasteiger partial charge in [-0.15, -0.1) is 0 Å². The lowest BCUT2D eigenvalue weighted by atomic mass is 10.2. The summed E-state index contributed by atoms with van der Waals surface area (Å²) in [6, 6.07) is 11.7. The summed E-state index contributed by atoms with van der Waals surface area (Å²) in [6.45, 7) is 4.53. The molecule has 1 heterocycles. The molecule has 3 nitrogen and oxygen atoms in total. The number of phenols is 1. The molecule has 0 aliphatic rings. The first-order valence-electron chi connectivity index (χ1n) is 7.25. The molecule has 3 aromatic rings. The zero-order chi connectivity index (χ0) is 15.7. The number of aromatic nitrogens is 1. The number of fused-ring (bicyclic) bond motifs is 1. The zero-order valence-electron chi connectivity index (χ0n) is 12.6. The molecule has 0 bridgehead atoms. The van der Waals surface area contributed by atoms with Gasteiger partial charge in [-0.05, 0) is 56.3 Å². The SMILES string of the molecule is CC(C)n1cc(COc2ccc(O)cc2)c2cc(F)ccc21. The molecule has 0 aliphatic heterocycles. The molecule has 0 fully saturated rings. The van der Waals surface area contributed by atoms with Gasteiger partial charge in [0.25, 0.3) is 0 Å². The molecule has 22 heavy (non-hydrogen) atoms. The highest BCUT2D eigenvalue weighted by atomic mass is 19.1. The Morgan fingerprint density at radius 2 is 1.86 bits per heavy atom. The quantitative estimate of drug-likeness (QED) is 0.761. The van der Waals surface area contributed by atoms with Crippen LogP contribution in [0.4, 0.5) is 4.39 Å². The third-order valence-corrected chi connectivity index (χ3v) is 3.67. The highest BCUT2D eigenvalue weighted by Crippen LogP contribution is 2.27. The first-order chi connectivity index (χ1) is 10.5. The largest absolute Gasteiger partial charge is 0.508 e. The Labute approximate surface area is 128 Å². The Balaban J connectivity index is 1.92. The second-order valence-electron chi connectivity index (χ2n) is 5.60. The van der Waals surface area contributed by atoms with Crippen molar-refractivity contribution in [3.8, 4) is 11.5 Å². The molecule has 0 saturated carbocycles. The number of phenolic OH excluding ortho intramolecular Hbond substituents is 1. The minimum absolute atomic E-state index is 0.200. The van der Waals surface area contributed by atoms with Crippen LogP contribution in [0.15, 0.2) is 48.7 Å². The Hall–Kier alpha value is -2.49. The summed E-state index contributed by atoms with van der Waals surface area (Å²) in [7, 11) is 0. The van der Waals surface area contributed by atoms with E-state index in [1.807, 2.05) is 6.20 Å². The lowest BCUT2D eigenvalue weighted by Gasteiger charge is -2.08. The number of nitrogens with zero attached hydrogens (tertiary/aromatic N) is 1. The van der Waals surface area contributed by atoms with E-state index < -0.39 is 0 Å². The van der Waals surface area contributed by atoms with Crippen LogP contribution in [0.2, 0.25) is 0 Å². The molecule has 0 saturated heterocycles. The Kier molecular flexibility index (Phi) is 3.75. The van der Waals surface area contributed by atoms with E-state index in [0.717, 1.165) is 16.5 Å². The monoisotopic (exact) mass is 299 g/mol. The lowest BCUT2D eigenvalue weighted by molar-refractivity contribution is 0.306. The molecule has 114 valence electrons. The van der Waals surface area contributed by atoms with Gasteiger partial charge in [0.15, 0.2) is 0 Å². The summed E-state index contributed by atoms with van der Waals surface area (Å²) in [4.78, 5) is 0. The van der Waals surface area contributed by atoms with E-state index >= 15 is 0 Å². The number of halogens is 1. The van der Waals surface area contributed by atoms with Crippen molar-refractivity contribution in [2.75, 3.05) is 0 Å². The van der Waals surface area contributed by atoms with E-state index in [0.29, 0.717) is 12.4 Å². The number of hydrogen-bond acceptors (Lipinski definition) is 2. The van der Waals surface area contributed by atoms with Gasteiger partial charge in [0.2, 0.25) is 0 Å². The van der Waals surface area contributed by atoms with Crippen LogP contribution in [0.25, 0.3) is 10.9 Å².